The molecule has 0 saturated carbocycles. The van der Waals surface area contributed by atoms with Gasteiger partial charge in [0, 0.05) is 0 Å². The minimum atomic E-state index is -1.10. The summed E-state index contributed by atoms with van der Waals surface area (Å²) in [7, 11) is 0. The van der Waals surface area contributed by atoms with Crippen molar-refractivity contribution in [3.05, 3.63) is 21.0 Å². The van der Waals surface area contributed by atoms with Crippen LogP contribution in [-0.4, -0.2) is 39.1 Å². The number of aliphatic carboxylic acids is 1. The first-order valence-corrected chi connectivity index (χ1v) is 3.78. The van der Waals surface area contributed by atoms with Gasteiger partial charge in [0.15, 0.2) is 0 Å². The fraction of sp³-hybridized carbons (Fsp3) is 0.500. The Hall–Kier alpha value is -1.83. The van der Waals surface area contributed by atoms with E-state index in [0.717, 1.165) is 4.57 Å². The molecule has 0 bridgehead atoms. The maximum absolute atomic E-state index is 10.9. The van der Waals surface area contributed by atoms with Crippen molar-refractivity contribution in [2.24, 2.45) is 0 Å². The number of H-pyrrole nitrogens is 2. The van der Waals surface area contributed by atoms with Crippen LogP contribution in [0.2, 0.25) is 0 Å². The minimum Gasteiger partial charge on any atom is -0.480 e. The smallest absolute Gasteiger partial charge is 0.344 e. The van der Waals surface area contributed by atoms with E-state index < -0.39 is 24.0 Å². The number of rotatable bonds is 5. The highest BCUT2D eigenvalue weighted by atomic mass is 16.5. The second-order valence-electron chi connectivity index (χ2n) is 2.46. The van der Waals surface area contributed by atoms with Gasteiger partial charge < -0.3 is 9.84 Å². The molecule has 14 heavy (non-hydrogen) atoms. The molecule has 1 rings (SSSR count). The highest BCUT2D eigenvalue weighted by Crippen LogP contribution is 1.77. The van der Waals surface area contributed by atoms with Gasteiger partial charge in [0.2, 0.25) is 0 Å². The Labute approximate surface area is 77.1 Å². The lowest BCUT2D eigenvalue weighted by Crippen LogP contribution is -2.28. The summed E-state index contributed by atoms with van der Waals surface area (Å²) in [4.78, 5) is 31.8. The van der Waals surface area contributed by atoms with Gasteiger partial charge >= 0.3 is 17.3 Å². The summed E-state index contributed by atoms with van der Waals surface area (Å²) >= 11 is 0. The maximum Gasteiger partial charge on any atom is 0.344 e. The van der Waals surface area contributed by atoms with Crippen LogP contribution in [-0.2, 0) is 16.1 Å². The van der Waals surface area contributed by atoms with E-state index in [-0.39, 0.29) is 13.2 Å². The molecule has 0 atom stereocenters. The Bertz CT molecular complexity index is 386. The summed E-state index contributed by atoms with van der Waals surface area (Å²) in [6, 6.07) is 0. The van der Waals surface area contributed by atoms with E-state index in [4.69, 9.17) is 5.11 Å². The monoisotopic (exact) mass is 203 g/mol. The fourth-order valence-corrected chi connectivity index (χ4v) is 0.853. The first-order chi connectivity index (χ1) is 6.61. The lowest BCUT2D eigenvalue weighted by Gasteiger charge is -1.99. The lowest BCUT2D eigenvalue weighted by atomic mass is 10.6. The number of hydrogen-bond acceptors (Lipinski definition) is 4. The first kappa shape index (κ1) is 10.3. The molecule has 1 aromatic rings. The van der Waals surface area contributed by atoms with Gasteiger partial charge in [-0.2, -0.15) is 0 Å². The van der Waals surface area contributed by atoms with E-state index >= 15 is 0 Å². The van der Waals surface area contributed by atoms with Crippen LogP contribution in [0.4, 0.5) is 0 Å². The summed E-state index contributed by atoms with van der Waals surface area (Å²) in [6.45, 7) is -0.435. The third-order valence-corrected chi connectivity index (χ3v) is 1.45. The molecule has 0 unspecified atom stereocenters. The normalized spacial score (nSPS) is 10.3. The number of carboxylic acids is 1. The van der Waals surface area contributed by atoms with E-state index in [0.29, 0.717) is 0 Å². The summed E-state index contributed by atoms with van der Waals surface area (Å²) in [5.74, 6) is -1.10. The zero-order chi connectivity index (χ0) is 10.6. The van der Waals surface area contributed by atoms with E-state index in [2.05, 4.69) is 14.9 Å². The minimum absolute atomic E-state index is 0.00681. The number of nitrogens with one attached hydrogen (secondary N) is 2. The van der Waals surface area contributed by atoms with Gasteiger partial charge in [-0.05, 0) is 0 Å². The molecule has 0 aliphatic carbocycles. The van der Waals surface area contributed by atoms with Gasteiger partial charge in [0.25, 0.3) is 0 Å². The Balaban J connectivity index is 2.43. The summed E-state index contributed by atoms with van der Waals surface area (Å²) < 4.78 is 5.53. The highest BCUT2D eigenvalue weighted by molar-refractivity contribution is 5.67. The molecule has 8 heteroatoms. The molecule has 0 saturated heterocycles. The number of nitrogens with zero attached hydrogens (tertiary/aromatic N) is 1. The molecule has 8 nitrogen and oxygen atoms in total. The van der Waals surface area contributed by atoms with Crippen LogP contribution in [0.25, 0.3) is 0 Å². The van der Waals surface area contributed by atoms with Crippen LogP contribution in [0.3, 0.4) is 0 Å². The van der Waals surface area contributed by atoms with Crippen molar-refractivity contribution in [1.82, 2.24) is 14.8 Å². The fourth-order valence-electron chi connectivity index (χ4n) is 0.853. The average Bonchev–Trinajstić information content (AvgIpc) is 2.42. The second-order valence-corrected chi connectivity index (χ2v) is 2.46. The van der Waals surface area contributed by atoms with Crippen molar-refractivity contribution in [3.8, 4) is 0 Å². The average molecular weight is 203 g/mol. The Kier molecular flexibility index (Phi) is 3.24. The van der Waals surface area contributed by atoms with Crippen molar-refractivity contribution in [2.75, 3.05) is 13.2 Å². The lowest BCUT2D eigenvalue weighted by molar-refractivity contribution is -0.142. The first-order valence-electron chi connectivity index (χ1n) is 3.78. The van der Waals surface area contributed by atoms with Crippen molar-refractivity contribution in [2.45, 2.75) is 6.54 Å². The number of aromatic nitrogens is 3. The van der Waals surface area contributed by atoms with Gasteiger partial charge in [0.05, 0.1) is 13.2 Å². The van der Waals surface area contributed by atoms with Crippen LogP contribution in [0, 0.1) is 0 Å². The number of ether oxygens (including phenoxy) is 1. The Morgan fingerprint density at radius 2 is 1.93 bits per heavy atom. The molecule has 0 aliphatic rings. The van der Waals surface area contributed by atoms with E-state index in [9.17, 15) is 14.4 Å². The van der Waals surface area contributed by atoms with Crippen LogP contribution in [0.5, 0.6) is 0 Å². The summed E-state index contributed by atoms with van der Waals surface area (Å²) in [5, 5.41) is 12.4. The number of carbonyl (C=O) groups is 1. The molecule has 0 radical (unpaired) electrons. The molecule has 1 heterocycles. The quantitative estimate of drug-likeness (QED) is 0.477. The number of aromatic amines is 2. The number of carboxylic acid groups (broad SMARTS) is 1. The largest absolute Gasteiger partial charge is 0.480 e. The third kappa shape index (κ3) is 2.59. The van der Waals surface area contributed by atoms with E-state index in [1.165, 1.54) is 0 Å². The molecular weight excluding hydrogens is 194 g/mol. The SMILES string of the molecule is O=C(O)COCCn1c(=O)[nH][nH]c1=O. The molecule has 3 N–H and O–H groups in total. The molecule has 0 aliphatic heterocycles. The van der Waals surface area contributed by atoms with Gasteiger partial charge in [-0.15, -0.1) is 0 Å². The third-order valence-electron chi connectivity index (χ3n) is 1.45. The molecule has 78 valence electrons. The predicted molar refractivity (Wildman–Crippen MR) is 44.1 cm³/mol. The van der Waals surface area contributed by atoms with Crippen LogP contribution in [0.1, 0.15) is 0 Å². The van der Waals surface area contributed by atoms with Crippen LogP contribution in [0.15, 0.2) is 9.59 Å². The van der Waals surface area contributed by atoms with E-state index in [1.807, 2.05) is 0 Å². The van der Waals surface area contributed by atoms with Crippen molar-refractivity contribution < 1.29 is 14.6 Å². The van der Waals surface area contributed by atoms with Gasteiger partial charge in [-0.3, -0.25) is 0 Å². The van der Waals surface area contributed by atoms with Gasteiger partial charge in [-0.1, -0.05) is 0 Å². The summed E-state index contributed by atoms with van der Waals surface area (Å²) in [5.41, 5.74) is -1.15. The van der Waals surface area contributed by atoms with Crippen molar-refractivity contribution in [3.63, 3.8) is 0 Å². The van der Waals surface area contributed by atoms with Crippen LogP contribution < -0.4 is 11.4 Å². The number of hydrogen-bond donors (Lipinski definition) is 3. The maximum atomic E-state index is 10.9. The second kappa shape index (κ2) is 4.42. The summed E-state index contributed by atoms with van der Waals surface area (Å²) in [6.07, 6.45) is 0. The zero-order valence-corrected chi connectivity index (χ0v) is 7.15. The zero-order valence-electron chi connectivity index (χ0n) is 7.15. The standard InChI is InChI=1S/C6H9N3O5/c10-4(11)3-14-2-1-9-5(12)7-8-6(9)13/h1-3H2,(H,7,12)(H,8,13)(H,10,11). The van der Waals surface area contributed by atoms with Gasteiger partial charge in [0.1, 0.15) is 6.61 Å². The van der Waals surface area contributed by atoms with Crippen LogP contribution >= 0.6 is 0 Å². The highest BCUT2D eigenvalue weighted by Gasteiger charge is 2.02. The predicted octanol–water partition coefficient (Wildman–Crippen LogP) is -2.03. The van der Waals surface area contributed by atoms with Gasteiger partial charge in [-0.25, -0.2) is 29.1 Å². The molecule has 0 spiro atoms. The van der Waals surface area contributed by atoms with E-state index in [1.54, 1.807) is 0 Å². The Morgan fingerprint density at radius 3 is 2.43 bits per heavy atom. The van der Waals surface area contributed by atoms with Crippen molar-refractivity contribution in [1.29, 1.82) is 0 Å². The Morgan fingerprint density at radius 1 is 1.36 bits per heavy atom. The van der Waals surface area contributed by atoms with Crippen molar-refractivity contribution >= 4 is 5.97 Å². The molecule has 0 amide bonds. The topological polar surface area (TPSA) is 117 Å². The molecule has 1 aromatic heterocycles. The molecule has 0 fully saturated rings. The molecule has 0 aromatic carbocycles. The molecular formula is C6H9N3O5.